The molecule has 0 heterocycles. The van der Waals surface area contributed by atoms with Crippen LogP contribution in [0.15, 0.2) is 0 Å². The molecule has 1 nitrogen and oxygen atoms in total. The molecule has 1 rings (SSSR count). The summed E-state index contributed by atoms with van der Waals surface area (Å²) in [7, 11) is 0. The maximum Gasteiger partial charge on any atom is 0.0164 e. The molecule has 2 N–H and O–H groups in total. The number of hydrogen-bond acceptors (Lipinski definition) is 1. The molecule has 1 aliphatic carbocycles. The van der Waals surface area contributed by atoms with Crippen LogP contribution in [0.25, 0.3) is 0 Å². The minimum atomic E-state index is 0.0976. The predicted molar refractivity (Wildman–Crippen MR) is 72.5 cm³/mol. The van der Waals surface area contributed by atoms with Gasteiger partial charge in [0.05, 0.1) is 0 Å². The summed E-state index contributed by atoms with van der Waals surface area (Å²) in [5.74, 6) is 0. The molecule has 96 valence electrons. The molecule has 0 radical (unpaired) electrons. The average molecular weight is 225 g/mol. The van der Waals surface area contributed by atoms with E-state index in [2.05, 4.69) is 34.6 Å². The zero-order chi connectivity index (χ0) is 12.4. The van der Waals surface area contributed by atoms with Gasteiger partial charge in [0.2, 0.25) is 0 Å². The summed E-state index contributed by atoms with van der Waals surface area (Å²) in [6.45, 7) is 11.8. The number of hydrogen-bond donors (Lipinski definition) is 1. The van der Waals surface area contributed by atoms with Crippen molar-refractivity contribution in [1.82, 2.24) is 0 Å². The van der Waals surface area contributed by atoms with E-state index < -0.39 is 0 Å². The van der Waals surface area contributed by atoms with Crippen molar-refractivity contribution >= 4 is 0 Å². The Kier molecular flexibility index (Phi) is 4.10. The molecule has 0 amide bonds. The second-order valence-corrected chi connectivity index (χ2v) is 7.68. The summed E-state index contributed by atoms with van der Waals surface area (Å²) in [5.41, 5.74) is 7.59. The molecule has 1 heteroatoms. The highest BCUT2D eigenvalue weighted by Crippen LogP contribution is 2.50. The van der Waals surface area contributed by atoms with Crippen molar-refractivity contribution < 1.29 is 0 Å². The summed E-state index contributed by atoms with van der Waals surface area (Å²) in [4.78, 5) is 0. The first-order valence-corrected chi connectivity index (χ1v) is 6.97. The Bertz CT molecular complexity index is 212. The second-order valence-electron chi connectivity index (χ2n) is 7.68. The van der Waals surface area contributed by atoms with Gasteiger partial charge in [-0.2, -0.15) is 0 Å². The average Bonchev–Trinajstić information content (AvgIpc) is 1.96. The van der Waals surface area contributed by atoms with Gasteiger partial charge in [0.25, 0.3) is 0 Å². The standard InChI is InChI=1S/C15H31N/c1-6-7-8-9-15(16)11-13(2,3)10-14(4,5)12-15/h6-12,16H2,1-5H3. The SMILES string of the molecule is CCCCCC1(N)CC(C)(C)CC(C)(C)C1. The van der Waals surface area contributed by atoms with E-state index in [0.29, 0.717) is 10.8 Å². The van der Waals surface area contributed by atoms with E-state index >= 15 is 0 Å². The zero-order valence-electron chi connectivity index (χ0n) is 12.0. The van der Waals surface area contributed by atoms with Crippen molar-refractivity contribution in [3.05, 3.63) is 0 Å². The number of unbranched alkanes of at least 4 members (excludes halogenated alkanes) is 2. The van der Waals surface area contributed by atoms with E-state index in [-0.39, 0.29) is 5.54 Å². The van der Waals surface area contributed by atoms with Gasteiger partial charge in [-0.1, -0.05) is 53.9 Å². The van der Waals surface area contributed by atoms with Crippen LogP contribution in [-0.4, -0.2) is 5.54 Å². The van der Waals surface area contributed by atoms with Crippen molar-refractivity contribution in [2.24, 2.45) is 16.6 Å². The molecule has 0 atom stereocenters. The fraction of sp³-hybridized carbons (Fsp3) is 1.00. The Balaban J connectivity index is 2.64. The Labute approximate surface area is 102 Å². The molecular formula is C15H31N. The van der Waals surface area contributed by atoms with Gasteiger partial charge in [-0.25, -0.2) is 0 Å². The van der Waals surface area contributed by atoms with E-state index in [4.69, 9.17) is 5.73 Å². The van der Waals surface area contributed by atoms with Crippen LogP contribution >= 0.6 is 0 Å². The van der Waals surface area contributed by atoms with Crippen LogP contribution in [0.1, 0.15) is 79.6 Å². The lowest BCUT2D eigenvalue weighted by Crippen LogP contribution is -2.52. The first kappa shape index (κ1) is 14.0. The first-order chi connectivity index (χ1) is 7.18. The molecule has 0 unspecified atom stereocenters. The van der Waals surface area contributed by atoms with Gasteiger partial charge in [-0.3, -0.25) is 0 Å². The van der Waals surface area contributed by atoms with Gasteiger partial charge in [0.15, 0.2) is 0 Å². The second kappa shape index (κ2) is 4.68. The Morgan fingerprint density at radius 2 is 1.38 bits per heavy atom. The van der Waals surface area contributed by atoms with Crippen molar-refractivity contribution in [3.63, 3.8) is 0 Å². The number of nitrogens with two attached hydrogens (primary N) is 1. The van der Waals surface area contributed by atoms with Crippen molar-refractivity contribution in [2.75, 3.05) is 0 Å². The molecular weight excluding hydrogens is 194 g/mol. The highest BCUT2D eigenvalue weighted by Gasteiger charge is 2.44. The van der Waals surface area contributed by atoms with E-state index in [1.165, 1.54) is 44.9 Å². The normalized spacial score (nSPS) is 26.6. The monoisotopic (exact) mass is 225 g/mol. The van der Waals surface area contributed by atoms with Crippen molar-refractivity contribution in [2.45, 2.75) is 85.1 Å². The molecule has 0 aromatic heterocycles. The van der Waals surface area contributed by atoms with Crippen LogP contribution < -0.4 is 5.73 Å². The summed E-state index contributed by atoms with van der Waals surface area (Å²) in [5, 5.41) is 0. The van der Waals surface area contributed by atoms with Crippen molar-refractivity contribution in [1.29, 1.82) is 0 Å². The molecule has 0 saturated heterocycles. The lowest BCUT2D eigenvalue weighted by Gasteiger charge is -2.50. The quantitative estimate of drug-likeness (QED) is 0.700. The van der Waals surface area contributed by atoms with Gasteiger partial charge in [0, 0.05) is 5.54 Å². The predicted octanol–water partition coefficient (Wildman–Crippen LogP) is 4.50. The summed E-state index contributed by atoms with van der Waals surface area (Å²) >= 11 is 0. The highest BCUT2D eigenvalue weighted by atomic mass is 14.8. The molecule has 1 aliphatic rings. The van der Waals surface area contributed by atoms with Crippen molar-refractivity contribution in [3.8, 4) is 0 Å². The molecule has 1 fully saturated rings. The van der Waals surface area contributed by atoms with Gasteiger partial charge in [-0.05, 0) is 36.5 Å². The topological polar surface area (TPSA) is 26.0 Å². The molecule has 0 bridgehead atoms. The first-order valence-electron chi connectivity index (χ1n) is 6.97. The Morgan fingerprint density at radius 1 is 0.875 bits per heavy atom. The third-order valence-corrected chi connectivity index (χ3v) is 3.90. The van der Waals surface area contributed by atoms with Gasteiger partial charge >= 0.3 is 0 Å². The lowest BCUT2D eigenvalue weighted by atomic mass is 9.58. The Morgan fingerprint density at radius 3 is 1.81 bits per heavy atom. The minimum absolute atomic E-state index is 0.0976. The van der Waals surface area contributed by atoms with Gasteiger partial charge in [0.1, 0.15) is 0 Å². The highest BCUT2D eigenvalue weighted by molar-refractivity contribution is 5.00. The smallest absolute Gasteiger partial charge is 0.0164 e. The van der Waals surface area contributed by atoms with Crippen LogP contribution in [0.2, 0.25) is 0 Å². The van der Waals surface area contributed by atoms with Crippen LogP contribution in [0.5, 0.6) is 0 Å². The third kappa shape index (κ3) is 4.08. The lowest BCUT2D eigenvalue weighted by molar-refractivity contribution is 0.0432. The van der Waals surface area contributed by atoms with Gasteiger partial charge in [-0.15, -0.1) is 0 Å². The zero-order valence-corrected chi connectivity index (χ0v) is 12.0. The van der Waals surface area contributed by atoms with E-state index in [1.54, 1.807) is 0 Å². The largest absolute Gasteiger partial charge is 0.325 e. The van der Waals surface area contributed by atoms with E-state index in [1.807, 2.05) is 0 Å². The molecule has 0 aliphatic heterocycles. The van der Waals surface area contributed by atoms with Crippen LogP contribution in [0, 0.1) is 10.8 Å². The molecule has 0 aromatic rings. The van der Waals surface area contributed by atoms with E-state index in [0.717, 1.165) is 0 Å². The van der Waals surface area contributed by atoms with Crippen LogP contribution in [0.4, 0.5) is 0 Å². The van der Waals surface area contributed by atoms with Crippen LogP contribution in [-0.2, 0) is 0 Å². The molecule has 16 heavy (non-hydrogen) atoms. The minimum Gasteiger partial charge on any atom is -0.325 e. The summed E-state index contributed by atoms with van der Waals surface area (Å²) in [6, 6.07) is 0. The fourth-order valence-corrected chi connectivity index (χ4v) is 4.29. The molecule has 0 spiro atoms. The maximum atomic E-state index is 6.65. The van der Waals surface area contributed by atoms with Crippen LogP contribution in [0.3, 0.4) is 0 Å². The molecule has 0 aromatic carbocycles. The number of rotatable bonds is 4. The summed E-state index contributed by atoms with van der Waals surface area (Å²) in [6.07, 6.45) is 8.86. The fourth-order valence-electron chi connectivity index (χ4n) is 4.29. The maximum absolute atomic E-state index is 6.65. The van der Waals surface area contributed by atoms with E-state index in [9.17, 15) is 0 Å². The Hall–Kier alpha value is -0.0400. The van der Waals surface area contributed by atoms with Gasteiger partial charge < -0.3 is 5.73 Å². The molecule has 1 saturated carbocycles. The summed E-state index contributed by atoms with van der Waals surface area (Å²) < 4.78 is 0. The third-order valence-electron chi connectivity index (χ3n) is 3.90.